The van der Waals surface area contributed by atoms with Crippen LogP contribution in [-0.2, 0) is 0 Å². The molecule has 154 valence electrons. The van der Waals surface area contributed by atoms with Crippen molar-refractivity contribution in [2.24, 2.45) is 0 Å². The molecule has 0 spiro atoms. The molecule has 1 aromatic heterocycles. The van der Waals surface area contributed by atoms with Gasteiger partial charge in [-0.05, 0) is 61.4 Å². The number of rotatable bonds is 4. The first-order valence-electron chi connectivity index (χ1n) is 9.66. The van der Waals surface area contributed by atoms with Crippen LogP contribution in [0.3, 0.4) is 0 Å². The summed E-state index contributed by atoms with van der Waals surface area (Å²) in [6.45, 7) is 1.06. The molecule has 2 heterocycles. The maximum absolute atomic E-state index is 13.1. The van der Waals surface area contributed by atoms with E-state index >= 15 is 0 Å². The van der Waals surface area contributed by atoms with Crippen LogP contribution in [0.5, 0.6) is 0 Å². The number of benzene rings is 2. The van der Waals surface area contributed by atoms with Gasteiger partial charge in [0, 0.05) is 35.3 Å². The topological polar surface area (TPSA) is 78.1 Å². The summed E-state index contributed by atoms with van der Waals surface area (Å²) in [7, 11) is 0. The average molecular weight is 427 g/mol. The van der Waals surface area contributed by atoms with Crippen LogP contribution in [0, 0.1) is 5.82 Å². The Hall–Kier alpha value is -3.19. The number of likely N-dealkylation sites (tertiary alicyclic amines) is 1. The standard InChI is InChI=1S/C22H20ClFN4O2/c23-16-3-1-2-15(12-16)21(29)25-18-8-10-28(11-9-18)22(30)20-13-19(26-27-20)14-4-6-17(24)7-5-14/h1-7,12-13,18H,8-11H2,(H,25,29)(H,26,27). The number of carbonyl (C=O) groups excluding carboxylic acids is 2. The molecular formula is C22H20ClFN4O2. The van der Waals surface area contributed by atoms with Gasteiger partial charge in [0.25, 0.3) is 11.8 Å². The van der Waals surface area contributed by atoms with E-state index in [9.17, 15) is 14.0 Å². The van der Waals surface area contributed by atoms with Gasteiger partial charge in [0.2, 0.25) is 0 Å². The summed E-state index contributed by atoms with van der Waals surface area (Å²) in [6, 6.07) is 14.4. The minimum atomic E-state index is -0.323. The molecule has 1 saturated heterocycles. The van der Waals surface area contributed by atoms with Gasteiger partial charge < -0.3 is 10.2 Å². The van der Waals surface area contributed by atoms with E-state index in [2.05, 4.69) is 15.5 Å². The van der Waals surface area contributed by atoms with Crippen molar-refractivity contribution in [3.8, 4) is 11.3 Å². The van der Waals surface area contributed by atoms with Gasteiger partial charge in [0.05, 0.1) is 5.69 Å². The zero-order valence-electron chi connectivity index (χ0n) is 16.1. The first kappa shape index (κ1) is 20.1. The number of piperidine rings is 1. The van der Waals surface area contributed by atoms with Gasteiger partial charge in [-0.25, -0.2) is 4.39 Å². The van der Waals surface area contributed by atoms with E-state index in [4.69, 9.17) is 11.6 Å². The molecular weight excluding hydrogens is 407 g/mol. The first-order valence-corrected chi connectivity index (χ1v) is 10.0. The lowest BCUT2D eigenvalue weighted by Crippen LogP contribution is -2.46. The second-order valence-corrected chi connectivity index (χ2v) is 7.66. The second-order valence-electron chi connectivity index (χ2n) is 7.22. The van der Waals surface area contributed by atoms with Crippen molar-refractivity contribution in [2.45, 2.75) is 18.9 Å². The highest BCUT2D eigenvalue weighted by Crippen LogP contribution is 2.20. The Bertz CT molecular complexity index is 1060. The number of aromatic nitrogens is 2. The fraction of sp³-hybridized carbons (Fsp3) is 0.227. The number of hydrogen-bond acceptors (Lipinski definition) is 3. The molecule has 0 aliphatic carbocycles. The smallest absolute Gasteiger partial charge is 0.271 e. The van der Waals surface area contributed by atoms with Crippen LogP contribution in [0.2, 0.25) is 5.02 Å². The molecule has 8 heteroatoms. The number of amides is 2. The third-order valence-electron chi connectivity index (χ3n) is 5.15. The van der Waals surface area contributed by atoms with Crippen LogP contribution in [0.4, 0.5) is 4.39 Å². The number of nitrogens with zero attached hydrogens (tertiary/aromatic N) is 2. The molecule has 3 aromatic rings. The SMILES string of the molecule is O=C(NC1CCN(C(=O)c2cc(-c3ccc(F)cc3)n[nH]2)CC1)c1cccc(Cl)c1. The molecule has 0 radical (unpaired) electrons. The summed E-state index contributed by atoms with van der Waals surface area (Å²) in [5, 5.41) is 10.5. The maximum atomic E-state index is 13.1. The van der Waals surface area contributed by atoms with Crippen molar-refractivity contribution >= 4 is 23.4 Å². The molecule has 2 amide bonds. The van der Waals surface area contributed by atoms with Crippen LogP contribution >= 0.6 is 11.6 Å². The van der Waals surface area contributed by atoms with Crippen molar-refractivity contribution in [3.63, 3.8) is 0 Å². The van der Waals surface area contributed by atoms with Crippen molar-refractivity contribution in [3.05, 3.63) is 76.7 Å². The number of halogens is 2. The molecule has 0 atom stereocenters. The van der Waals surface area contributed by atoms with Gasteiger partial charge in [0.15, 0.2) is 0 Å². The third-order valence-corrected chi connectivity index (χ3v) is 5.39. The van der Waals surface area contributed by atoms with Crippen LogP contribution in [0.15, 0.2) is 54.6 Å². The number of H-pyrrole nitrogens is 1. The highest BCUT2D eigenvalue weighted by Gasteiger charge is 2.26. The number of nitrogens with one attached hydrogen (secondary N) is 2. The quantitative estimate of drug-likeness (QED) is 0.664. The zero-order valence-corrected chi connectivity index (χ0v) is 16.8. The average Bonchev–Trinajstić information content (AvgIpc) is 3.24. The lowest BCUT2D eigenvalue weighted by molar-refractivity contribution is 0.0692. The molecule has 0 bridgehead atoms. The highest BCUT2D eigenvalue weighted by atomic mass is 35.5. The van der Waals surface area contributed by atoms with E-state index in [1.807, 2.05) is 0 Å². The van der Waals surface area contributed by atoms with E-state index in [-0.39, 0.29) is 23.7 Å². The molecule has 4 rings (SSSR count). The summed E-state index contributed by atoms with van der Waals surface area (Å²) in [6.07, 6.45) is 1.33. The summed E-state index contributed by atoms with van der Waals surface area (Å²) >= 11 is 5.94. The zero-order chi connectivity index (χ0) is 21.1. The molecule has 30 heavy (non-hydrogen) atoms. The van der Waals surface area contributed by atoms with E-state index in [0.717, 1.165) is 5.56 Å². The van der Waals surface area contributed by atoms with Gasteiger partial charge in [0.1, 0.15) is 11.5 Å². The highest BCUT2D eigenvalue weighted by molar-refractivity contribution is 6.30. The van der Waals surface area contributed by atoms with E-state index in [1.54, 1.807) is 47.4 Å². The van der Waals surface area contributed by atoms with Gasteiger partial charge in [-0.2, -0.15) is 5.10 Å². The molecule has 0 saturated carbocycles. The van der Waals surface area contributed by atoms with Gasteiger partial charge >= 0.3 is 0 Å². The first-order chi connectivity index (χ1) is 14.5. The largest absolute Gasteiger partial charge is 0.349 e. The summed E-state index contributed by atoms with van der Waals surface area (Å²) in [5.74, 6) is -0.633. The Balaban J connectivity index is 1.33. The van der Waals surface area contributed by atoms with Crippen molar-refractivity contribution in [2.75, 3.05) is 13.1 Å². The van der Waals surface area contributed by atoms with E-state index < -0.39 is 0 Å². The van der Waals surface area contributed by atoms with Crippen LogP contribution in [0.25, 0.3) is 11.3 Å². The molecule has 0 unspecified atom stereocenters. The summed E-state index contributed by atoms with van der Waals surface area (Å²) in [4.78, 5) is 26.9. The molecule has 2 aromatic carbocycles. The van der Waals surface area contributed by atoms with Crippen LogP contribution in [-0.4, -0.2) is 46.0 Å². The Morgan fingerprint density at radius 3 is 2.53 bits per heavy atom. The predicted molar refractivity (Wildman–Crippen MR) is 112 cm³/mol. The van der Waals surface area contributed by atoms with Crippen molar-refractivity contribution in [1.29, 1.82) is 0 Å². The van der Waals surface area contributed by atoms with Gasteiger partial charge in [-0.3, -0.25) is 14.7 Å². The Labute approximate surface area is 178 Å². The lowest BCUT2D eigenvalue weighted by atomic mass is 10.0. The third kappa shape index (κ3) is 4.52. The Kier molecular flexibility index (Phi) is 5.81. The van der Waals surface area contributed by atoms with Gasteiger partial charge in [-0.1, -0.05) is 17.7 Å². The van der Waals surface area contributed by atoms with Crippen molar-refractivity contribution < 1.29 is 14.0 Å². The molecule has 2 N–H and O–H groups in total. The number of aromatic amines is 1. The van der Waals surface area contributed by atoms with Crippen LogP contribution < -0.4 is 5.32 Å². The summed E-state index contributed by atoms with van der Waals surface area (Å²) in [5.41, 5.74) is 2.22. The molecule has 1 fully saturated rings. The normalized spacial score (nSPS) is 14.5. The molecule has 6 nitrogen and oxygen atoms in total. The van der Waals surface area contributed by atoms with Crippen molar-refractivity contribution in [1.82, 2.24) is 20.4 Å². The maximum Gasteiger partial charge on any atom is 0.271 e. The minimum absolute atomic E-state index is 0.00271. The molecule has 1 aliphatic heterocycles. The summed E-state index contributed by atoms with van der Waals surface area (Å²) < 4.78 is 13.1. The monoisotopic (exact) mass is 426 g/mol. The van der Waals surface area contributed by atoms with E-state index in [0.29, 0.717) is 47.9 Å². The fourth-order valence-corrected chi connectivity index (χ4v) is 3.69. The molecule has 1 aliphatic rings. The number of carbonyl (C=O) groups is 2. The predicted octanol–water partition coefficient (Wildman–Crippen LogP) is 3.90. The Morgan fingerprint density at radius 1 is 1.10 bits per heavy atom. The van der Waals surface area contributed by atoms with Crippen LogP contribution in [0.1, 0.15) is 33.7 Å². The van der Waals surface area contributed by atoms with Gasteiger partial charge in [-0.15, -0.1) is 0 Å². The van der Waals surface area contributed by atoms with E-state index in [1.165, 1.54) is 12.1 Å². The Morgan fingerprint density at radius 2 is 1.83 bits per heavy atom. The lowest BCUT2D eigenvalue weighted by Gasteiger charge is -2.32. The fourth-order valence-electron chi connectivity index (χ4n) is 3.50. The minimum Gasteiger partial charge on any atom is -0.349 e. The number of hydrogen-bond donors (Lipinski definition) is 2. The second kappa shape index (κ2) is 8.67.